The highest BCUT2D eigenvalue weighted by atomic mass is 35.5. The predicted molar refractivity (Wildman–Crippen MR) is 350 cm³/mol. The molecule has 530 valence electrons. The van der Waals surface area contributed by atoms with Crippen molar-refractivity contribution in [1.29, 1.82) is 0 Å². The van der Waals surface area contributed by atoms with Gasteiger partial charge in [0.15, 0.2) is 0 Å². The molecule has 0 bridgehead atoms. The van der Waals surface area contributed by atoms with Gasteiger partial charge in [-0.15, -0.1) is 0 Å². The topological polar surface area (TPSA) is 259 Å². The molecule has 1 spiro atoms. The Morgan fingerprint density at radius 2 is 1.24 bits per heavy atom. The molecule has 5 aliphatic rings. The second-order valence-electron chi connectivity index (χ2n) is 27.4. The summed E-state index contributed by atoms with van der Waals surface area (Å²) in [4.78, 5) is 170. The van der Waals surface area contributed by atoms with E-state index in [-0.39, 0.29) is 76.3 Å². The average Bonchev–Trinajstić information content (AvgIpc) is 1.43. The van der Waals surface area contributed by atoms with Gasteiger partial charge in [0.1, 0.15) is 47.6 Å². The van der Waals surface area contributed by atoms with E-state index in [1.54, 1.807) is 6.92 Å². The molecule has 3 aliphatic carbocycles. The van der Waals surface area contributed by atoms with Crippen molar-refractivity contribution in [2.75, 3.05) is 75.0 Å². The number of nitrogens with one attached hydrogen (secondary N) is 4. The lowest BCUT2D eigenvalue weighted by Crippen LogP contribution is -2.65. The van der Waals surface area contributed by atoms with Crippen LogP contribution in [-0.2, 0) is 71.8 Å². The molecule has 2 aliphatic heterocycles. The number of nitrogens with zero attached hydrogens (tertiary/aromatic N) is 7. The molecule has 11 amide bonds. The van der Waals surface area contributed by atoms with Crippen molar-refractivity contribution in [1.82, 2.24) is 55.6 Å². The number of aryl methyl sites for hydroxylation is 1. The summed E-state index contributed by atoms with van der Waals surface area (Å²) in [6, 6.07) is 1.32. The molecule has 2 heterocycles. The third-order valence-electron chi connectivity index (χ3n) is 20.5. The maximum absolute atomic E-state index is 15.6. The van der Waals surface area contributed by atoms with E-state index in [9.17, 15) is 51.1 Å². The van der Waals surface area contributed by atoms with E-state index in [1.165, 1.54) is 92.2 Å². The third-order valence-corrected chi connectivity index (χ3v) is 20.8. The van der Waals surface area contributed by atoms with Gasteiger partial charge < -0.3 is 55.6 Å². The van der Waals surface area contributed by atoms with E-state index >= 15 is 19.2 Å². The van der Waals surface area contributed by atoms with E-state index in [1.807, 2.05) is 6.92 Å². The van der Waals surface area contributed by atoms with E-state index in [0.717, 1.165) is 78.2 Å². The standard InChI is InChI=1S/C69H98ClF4N11O11/c1-9-43(2)59-65(94)81(5)41-57(88)79(3)42-58(89)82(6)54(39-44-19-12-10-13-20-44)64(93)80(4)40-56(87)76-51(31-27-45-26-30-49(50(70)37-45)69(72,73)74)63(92)85-36-18-23-52(85)62(91)78-68(33-16-17-34-68)67(96)84(8)60(47-21-14-11-15-22-47)66(95)83(7)53(38-46-24-28-48(71)29-25-46)61(90)75-35-32-55(86)77-59/h24-26,28-30,37,43-44,47,51-54,59-60H,9-23,27,31-36,38-42H2,1-8H3,(H,75,90)(H,76,87)(H,77,86)(H,78,91)/t43-,51-,52-,53-,54-,59-,60-/m0/s1. The SMILES string of the molecule is CC[C@H](C)[C@@H]1NC(=O)CCNC(=O)[C@H](Cc2ccc(F)cc2)N(C)C(=O)[C@H](C2CCCCC2)N(C)C(=O)C2(CCCC2)NC(=O)[C@@H]2CCCN2C(=O)[C@H](CCc2ccc(C(F)(F)F)c(Cl)c2)NC(=O)CN(C)C(=O)[C@H](CC2CCCCC2)N(C)C(=O)CN(C)C(=O)CN(C)C1=O. The first-order chi connectivity index (χ1) is 45.4. The quantitative estimate of drug-likeness (QED) is 0.200. The van der Waals surface area contributed by atoms with Gasteiger partial charge in [0.05, 0.1) is 30.2 Å². The Labute approximate surface area is 566 Å². The summed E-state index contributed by atoms with van der Waals surface area (Å²) in [5.41, 5.74) is -1.83. The van der Waals surface area contributed by atoms with Gasteiger partial charge in [0.25, 0.3) is 0 Å². The van der Waals surface area contributed by atoms with Crippen LogP contribution in [0.5, 0.6) is 0 Å². The number of hydrogen-bond donors (Lipinski definition) is 4. The number of rotatable bonds is 10. The number of halogens is 5. The summed E-state index contributed by atoms with van der Waals surface area (Å²) in [5.74, 6) is -8.42. The van der Waals surface area contributed by atoms with Crippen LogP contribution < -0.4 is 21.3 Å². The fraction of sp³-hybridized carbons (Fsp3) is 0.667. The summed E-state index contributed by atoms with van der Waals surface area (Å²) >= 11 is 6.14. The fourth-order valence-electron chi connectivity index (χ4n) is 14.4. The van der Waals surface area contributed by atoms with E-state index in [2.05, 4.69) is 21.3 Å². The highest BCUT2D eigenvalue weighted by Crippen LogP contribution is 2.38. The van der Waals surface area contributed by atoms with Crippen LogP contribution in [0, 0.1) is 23.6 Å². The zero-order chi connectivity index (χ0) is 70.3. The van der Waals surface area contributed by atoms with E-state index in [0.29, 0.717) is 49.7 Å². The first-order valence-corrected chi connectivity index (χ1v) is 34.4. The van der Waals surface area contributed by atoms with Crippen LogP contribution in [0.1, 0.15) is 159 Å². The summed E-state index contributed by atoms with van der Waals surface area (Å²) in [7, 11) is 8.52. The van der Waals surface area contributed by atoms with Gasteiger partial charge >= 0.3 is 6.18 Å². The first kappa shape index (κ1) is 76.0. The zero-order valence-electron chi connectivity index (χ0n) is 56.8. The molecule has 2 saturated heterocycles. The van der Waals surface area contributed by atoms with Crippen molar-refractivity contribution in [3.8, 4) is 0 Å². The first-order valence-electron chi connectivity index (χ1n) is 34.1. The third kappa shape index (κ3) is 19.5. The summed E-state index contributed by atoms with van der Waals surface area (Å²) < 4.78 is 55.8. The molecule has 0 unspecified atom stereocenters. The molecule has 3 saturated carbocycles. The molecule has 0 radical (unpaired) electrons. The van der Waals surface area contributed by atoms with E-state index < -0.39 is 155 Å². The second kappa shape index (κ2) is 34.2. The Kier molecular flexibility index (Phi) is 27.1. The van der Waals surface area contributed by atoms with E-state index in [4.69, 9.17) is 11.6 Å². The van der Waals surface area contributed by atoms with Gasteiger partial charge in [0, 0.05) is 68.2 Å². The minimum absolute atomic E-state index is 0.0256. The lowest BCUT2D eigenvalue weighted by molar-refractivity contribution is -0.154. The van der Waals surface area contributed by atoms with Gasteiger partial charge in [-0.25, -0.2) is 4.39 Å². The number of amides is 11. The Morgan fingerprint density at radius 3 is 1.86 bits per heavy atom. The normalized spacial score (nSPS) is 25.6. The van der Waals surface area contributed by atoms with Crippen molar-refractivity contribution in [2.24, 2.45) is 17.8 Å². The van der Waals surface area contributed by atoms with Gasteiger partial charge in [-0.05, 0) is 111 Å². The molecule has 5 fully saturated rings. The molecule has 22 nitrogen and oxygen atoms in total. The van der Waals surface area contributed by atoms with Gasteiger partial charge in [-0.1, -0.05) is 114 Å². The number of carbonyl (C=O) groups is 11. The average molecular weight is 1370 g/mol. The molecule has 7 rings (SSSR count). The predicted octanol–water partition coefficient (Wildman–Crippen LogP) is 6.04. The minimum Gasteiger partial charge on any atom is -0.354 e. The molecule has 27 heteroatoms. The van der Waals surface area contributed by atoms with Crippen LogP contribution in [0.3, 0.4) is 0 Å². The summed E-state index contributed by atoms with van der Waals surface area (Å²) in [6.45, 7) is 1.72. The van der Waals surface area contributed by atoms with Crippen LogP contribution in [-0.4, -0.2) is 216 Å². The van der Waals surface area contributed by atoms with Crippen molar-refractivity contribution < 1.29 is 70.3 Å². The summed E-state index contributed by atoms with van der Waals surface area (Å²) in [6.07, 6.45) is 4.93. The van der Waals surface area contributed by atoms with Crippen LogP contribution in [0.15, 0.2) is 42.5 Å². The molecule has 7 atom stereocenters. The summed E-state index contributed by atoms with van der Waals surface area (Å²) in [5, 5.41) is 10.8. The molecular weight excluding hydrogens is 1270 g/mol. The lowest BCUT2D eigenvalue weighted by Gasteiger charge is -2.43. The Bertz CT molecular complexity index is 3120. The highest BCUT2D eigenvalue weighted by Gasteiger charge is 2.51. The molecule has 4 N–H and O–H groups in total. The number of hydrogen-bond acceptors (Lipinski definition) is 11. The van der Waals surface area contributed by atoms with Crippen LogP contribution in [0.2, 0.25) is 5.02 Å². The Hall–Kier alpha value is -7.38. The second-order valence-corrected chi connectivity index (χ2v) is 27.8. The maximum Gasteiger partial charge on any atom is 0.417 e. The highest BCUT2D eigenvalue weighted by molar-refractivity contribution is 6.31. The lowest BCUT2D eigenvalue weighted by atomic mass is 9.81. The fourth-order valence-corrected chi connectivity index (χ4v) is 14.7. The molecule has 0 aromatic heterocycles. The molecule has 2 aromatic rings. The van der Waals surface area contributed by atoms with Crippen LogP contribution in [0.4, 0.5) is 17.6 Å². The van der Waals surface area contributed by atoms with Gasteiger partial charge in [-0.2, -0.15) is 13.2 Å². The van der Waals surface area contributed by atoms with Crippen LogP contribution in [0.25, 0.3) is 0 Å². The molecular formula is C69H98ClF4N11O11. The van der Waals surface area contributed by atoms with Gasteiger partial charge in [0.2, 0.25) is 65.0 Å². The molecule has 96 heavy (non-hydrogen) atoms. The number of benzene rings is 2. The Balaban J connectivity index is 1.25. The maximum atomic E-state index is 15.6. The van der Waals surface area contributed by atoms with Crippen molar-refractivity contribution in [3.05, 3.63) is 70.0 Å². The van der Waals surface area contributed by atoms with Gasteiger partial charge in [-0.3, -0.25) is 52.7 Å². The number of alkyl halides is 3. The monoisotopic (exact) mass is 1370 g/mol. The van der Waals surface area contributed by atoms with Crippen molar-refractivity contribution >= 4 is 76.6 Å². The van der Waals surface area contributed by atoms with Crippen molar-refractivity contribution in [3.63, 3.8) is 0 Å². The number of carbonyl (C=O) groups excluding carboxylic acids is 11. The zero-order valence-corrected chi connectivity index (χ0v) is 57.6. The van der Waals surface area contributed by atoms with Crippen LogP contribution >= 0.6 is 11.6 Å². The van der Waals surface area contributed by atoms with Crippen molar-refractivity contribution in [2.45, 2.75) is 203 Å². The smallest absolute Gasteiger partial charge is 0.354 e. The minimum atomic E-state index is -4.76. The largest absolute Gasteiger partial charge is 0.417 e. The molecule has 2 aromatic carbocycles. The number of fused-ring (bicyclic) bond motifs is 1. The Morgan fingerprint density at radius 1 is 0.625 bits per heavy atom. The number of likely N-dealkylation sites (N-methyl/N-ethyl adjacent to an activating group) is 6.